The second-order valence-electron chi connectivity index (χ2n) is 6.56. The summed E-state index contributed by atoms with van der Waals surface area (Å²) < 4.78 is 7.01. The van der Waals surface area contributed by atoms with Crippen molar-refractivity contribution < 1.29 is 9.53 Å². The van der Waals surface area contributed by atoms with Gasteiger partial charge in [0, 0.05) is 27.8 Å². The van der Waals surface area contributed by atoms with E-state index in [0.29, 0.717) is 13.0 Å². The molecular formula is C22H20BrNO2. The van der Waals surface area contributed by atoms with Gasteiger partial charge in [0.1, 0.15) is 5.75 Å². The van der Waals surface area contributed by atoms with Crippen molar-refractivity contribution >= 4 is 38.3 Å². The van der Waals surface area contributed by atoms with Gasteiger partial charge in [-0.25, -0.2) is 0 Å². The molecule has 1 N–H and O–H groups in total. The summed E-state index contributed by atoms with van der Waals surface area (Å²) >= 11 is 3.71. The van der Waals surface area contributed by atoms with Crippen LogP contribution in [0.2, 0.25) is 0 Å². The molecule has 3 aromatic rings. The van der Waals surface area contributed by atoms with Crippen LogP contribution in [-0.2, 0) is 4.79 Å². The van der Waals surface area contributed by atoms with E-state index in [9.17, 15) is 4.79 Å². The number of fused-ring (bicyclic) bond motifs is 3. The summed E-state index contributed by atoms with van der Waals surface area (Å²) in [7, 11) is 0. The number of hydrogen-bond acceptors (Lipinski definition) is 2. The molecule has 4 rings (SSSR count). The van der Waals surface area contributed by atoms with Gasteiger partial charge in [0.2, 0.25) is 5.91 Å². The van der Waals surface area contributed by atoms with E-state index in [1.54, 1.807) is 0 Å². The Bertz CT molecular complexity index is 983. The average molecular weight is 410 g/mol. The third-order valence-corrected chi connectivity index (χ3v) is 5.47. The fourth-order valence-electron chi connectivity index (χ4n) is 3.64. The van der Waals surface area contributed by atoms with Crippen LogP contribution in [0.4, 0.5) is 5.69 Å². The normalized spacial score (nSPS) is 16.2. The van der Waals surface area contributed by atoms with Crippen LogP contribution in [0.5, 0.6) is 5.75 Å². The number of anilines is 1. The molecule has 0 aromatic heterocycles. The fourth-order valence-corrected chi connectivity index (χ4v) is 4.23. The molecule has 0 saturated heterocycles. The molecule has 0 fully saturated rings. The molecule has 1 aliphatic rings. The molecule has 132 valence electrons. The predicted molar refractivity (Wildman–Crippen MR) is 109 cm³/mol. The van der Waals surface area contributed by atoms with E-state index in [-0.39, 0.29) is 11.8 Å². The van der Waals surface area contributed by atoms with Crippen LogP contribution in [0.15, 0.2) is 59.1 Å². The Labute approximate surface area is 161 Å². The van der Waals surface area contributed by atoms with E-state index in [0.717, 1.165) is 44.2 Å². The number of carbonyl (C=O) groups is 1. The maximum Gasteiger partial charge on any atom is 0.225 e. The molecule has 0 bridgehead atoms. The summed E-state index contributed by atoms with van der Waals surface area (Å²) in [5, 5.41) is 5.25. The highest BCUT2D eigenvalue weighted by molar-refractivity contribution is 9.10. The van der Waals surface area contributed by atoms with Crippen molar-refractivity contribution in [1.29, 1.82) is 0 Å². The van der Waals surface area contributed by atoms with Crippen LogP contribution in [0.25, 0.3) is 10.8 Å². The first-order chi connectivity index (χ1) is 12.7. The summed E-state index contributed by atoms with van der Waals surface area (Å²) in [5.41, 5.74) is 3.11. The summed E-state index contributed by atoms with van der Waals surface area (Å²) in [6.45, 7) is 2.76. The Hall–Kier alpha value is -2.33. The highest BCUT2D eigenvalue weighted by atomic mass is 79.9. The van der Waals surface area contributed by atoms with E-state index in [1.807, 2.05) is 30.3 Å². The molecule has 1 amide bonds. The van der Waals surface area contributed by atoms with Gasteiger partial charge in [0.25, 0.3) is 0 Å². The van der Waals surface area contributed by atoms with Crippen molar-refractivity contribution in [3.05, 3.63) is 70.2 Å². The highest BCUT2D eigenvalue weighted by Gasteiger charge is 2.30. The fraction of sp³-hybridized carbons (Fsp3) is 0.227. The van der Waals surface area contributed by atoms with Crippen molar-refractivity contribution in [2.45, 2.75) is 25.7 Å². The zero-order chi connectivity index (χ0) is 18.1. The van der Waals surface area contributed by atoms with Crippen molar-refractivity contribution in [2.75, 3.05) is 11.9 Å². The standard InChI is InChI=1S/C22H20BrNO2/c1-2-11-26-20-10-6-5-8-15(20)17-13-21(25)24-22-16-9-4-3-7-14(16)19(23)12-18(17)22/h3-10,12,17H,2,11,13H2,1H3,(H,24,25)/t17-/m0/s1. The smallest absolute Gasteiger partial charge is 0.225 e. The summed E-state index contributed by atoms with van der Waals surface area (Å²) in [6.07, 6.45) is 1.37. The van der Waals surface area contributed by atoms with Crippen molar-refractivity contribution in [1.82, 2.24) is 0 Å². The zero-order valence-corrected chi connectivity index (χ0v) is 16.2. The van der Waals surface area contributed by atoms with Crippen LogP contribution in [0.1, 0.15) is 36.8 Å². The number of amides is 1. The zero-order valence-electron chi connectivity index (χ0n) is 14.6. The maximum atomic E-state index is 12.5. The number of halogens is 1. The molecular weight excluding hydrogens is 390 g/mol. The Kier molecular flexibility index (Phi) is 4.68. The van der Waals surface area contributed by atoms with Crippen LogP contribution < -0.4 is 10.1 Å². The molecule has 1 atom stereocenters. The average Bonchev–Trinajstić information content (AvgIpc) is 2.67. The van der Waals surface area contributed by atoms with Gasteiger partial charge < -0.3 is 10.1 Å². The minimum atomic E-state index is -0.0206. The van der Waals surface area contributed by atoms with Crippen molar-refractivity contribution in [3.63, 3.8) is 0 Å². The molecule has 3 aromatic carbocycles. The molecule has 1 aliphatic heterocycles. The Balaban J connectivity index is 1.90. The minimum Gasteiger partial charge on any atom is -0.493 e. The number of carbonyl (C=O) groups excluding carboxylic acids is 1. The van der Waals surface area contributed by atoms with E-state index in [2.05, 4.69) is 52.4 Å². The third kappa shape index (κ3) is 2.99. The van der Waals surface area contributed by atoms with Crippen molar-refractivity contribution in [2.24, 2.45) is 0 Å². The van der Waals surface area contributed by atoms with E-state index >= 15 is 0 Å². The predicted octanol–water partition coefficient (Wildman–Crippen LogP) is 5.87. The first-order valence-electron chi connectivity index (χ1n) is 8.91. The first-order valence-corrected chi connectivity index (χ1v) is 9.71. The van der Waals surface area contributed by atoms with Crippen LogP contribution in [0, 0.1) is 0 Å². The highest BCUT2D eigenvalue weighted by Crippen LogP contribution is 2.45. The van der Waals surface area contributed by atoms with E-state index in [4.69, 9.17) is 4.74 Å². The van der Waals surface area contributed by atoms with Crippen molar-refractivity contribution in [3.8, 4) is 5.75 Å². The van der Waals surface area contributed by atoms with Crippen LogP contribution in [0.3, 0.4) is 0 Å². The summed E-state index contributed by atoms with van der Waals surface area (Å²) in [4.78, 5) is 12.5. The second kappa shape index (κ2) is 7.12. The quantitative estimate of drug-likeness (QED) is 0.585. The lowest BCUT2D eigenvalue weighted by Crippen LogP contribution is -2.24. The number of ether oxygens (including phenoxy) is 1. The molecule has 0 unspecified atom stereocenters. The lowest BCUT2D eigenvalue weighted by atomic mass is 9.83. The topological polar surface area (TPSA) is 38.3 Å². The minimum absolute atomic E-state index is 0.0206. The second-order valence-corrected chi connectivity index (χ2v) is 7.41. The molecule has 0 radical (unpaired) electrons. The number of benzene rings is 3. The summed E-state index contributed by atoms with van der Waals surface area (Å²) in [6, 6.07) is 18.3. The van der Waals surface area contributed by atoms with Gasteiger partial charge in [-0.1, -0.05) is 65.3 Å². The number of rotatable bonds is 4. The molecule has 26 heavy (non-hydrogen) atoms. The molecule has 0 aliphatic carbocycles. The Morgan fingerprint density at radius 2 is 1.81 bits per heavy atom. The van der Waals surface area contributed by atoms with Crippen LogP contribution >= 0.6 is 15.9 Å². The number of para-hydroxylation sites is 1. The number of hydrogen-bond donors (Lipinski definition) is 1. The Morgan fingerprint density at radius 1 is 1.08 bits per heavy atom. The van der Waals surface area contributed by atoms with Gasteiger partial charge in [-0.3, -0.25) is 4.79 Å². The monoisotopic (exact) mass is 409 g/mol. The molecule has 4 heteroatoms. The third-order valence-electron chi connectivity index (χ3n) is 4.81. The maximum absolute atomic E-state index is 12.5. The molecule has 0 saturated carbocycles. The largest absolute Gasteiger partial charge is 0.493 e. The van der Waals surface area contributed by atoms with E-state index < -0.39 is 0 Å². The molecule has 3 nitrogen and oxygen atoms in total. The molecule has 0 spiro atoms. The SMILES string of the molecule is CCCOc1ccccc1[C@@H]1CC(=O)Nc2c1cc(Br)c1ccccc21. The van der Waals surface area contributed by atoms with Gasteiger partial charge in [0.05, 0.1) is 12.3 Å². The van der Waals surface area contributed by atoms with Crippen LogP contribution in [-0.4, -0.2) is 12.5 Å². The number of nitrogens with one attached hydrogen (secondary N) is 1. The van der Waals surface area contributed by atoms with Gasteiger partial charge >= 0.3 is 0 Å². The lowest BCUT2D eigenvalue weighted by molar-refractivity contribution is -0.116. The van der Waals surface area contributed by atoms with Gasteiger partial charge in [0.15, 0.2) is 0 Å². The molecule has 1 heterocycles. The Morgan fingerprint density at radius 3 is 2.62 bits per heavy atom. The lowest BCUT2D eigenvalue weighted by Gasteiger charge is -2.29. The summed E-state index contributed by atoms with van der Waals surface area (Å²) in [5.74, 6) is 0.886. The van der Waals surface area contributed by atoms with E-state index in [1.165, 1.54) is 0 Å². The van der Waals surface area contributed by atoms with Gasteiger partial charge in [-0.2, -0.15) is 0 Å². The van der Waals surface area contributed by atoms with Gasteiger partial charge in [-0.05, 0) is 29.5 Å². The van der Waals surface area contributed by atoms with Gasteiger partial charge in [-0.15, -0.1) is 0 Å². The first kappa shape index (κ1) is 17.1.